The molecule has 0 saturated heterocycles. The molecule has 0 fully saturated rings. The second kappa shape index (κ2) is 7.19. The summed E-state index contributed by atoms with van der Waals surface area (Å²) in [6, 6.07) is 3.34. The zero-order chi connectivity index (χ0) is 11.8. The molecule has 0 saturated carbocycles. The monoisotopic (exact) mass is 241 g/mol. The third kappa shape index (κ3) is 5.09. The number of hydrogen-bond acceptors (Lipinski definition) is 3. The van der Waals surface area contributed by atoms with E-state index in [0.717, 1.165) is 19.3 Å². The van der Waals surface area contributed by atoms with E-state index >= 15 is 0 Å². The van der Waals surface area contributed by atoms with Crippen LogP contribution in [0.15, 0.2) is 18.3 Å². The number of unbranched alkanes of at least 4 members (excludes halogenated alkanes) is 2. The van der Waals surface area contributed by atoms with Gasteiger partial charge in [-0.25, -0.2) is 4.98 Å². The lowest BCUT2D eigenvalue weighted by Crippen LogP contribution is -2.11. The van der Waals surface area contributed by atoms with Crippen molar-refractivity contribution in [1.82, 2.24) is 4.98 Å². The van der Waals surface area contributed by atoms with Crippen LogP contribution in [-0.4, -0.2) is 17.4 Å². The van der Waals surface area contributed by atoms with Gasteiger partial charge in [-0.15, -0.1) is 0 Å². The van der Waals surface area contributed by atoms with Gasteiger partial charge in [0.2, 0.25) is 5.91 Å². The van der Waals surface area contributed by atoms with E-state index in [0.29, 0.717) is 23.8 Å². The molecule has 0 unspecified atom stereocenters. The van der Waals surface area contributed by atoms with Crippen LogP contribution in [0.1, 0.15) is 25.7 Å². The minimum atomic E-state index is -0.000659. The molecule has 1 aromatic heterocycles. The first-order valence-electron chi connectivity index (χ1n) is 5.34. The number of amides is 1. The molecule has 5 heteroatoms. The Kier molecular flexibility index (Phi) is 5.82. The van der Waals surface area contributed by atoms with Gasteiger partial charge in [0.05, 0.1) is 0 Å². The minimum Gasteiger partial charge on any atom is -0.330 e. The molecule has 0 spiro atoms. The molecule has 16 heavy (non-hydrogen) atoms. The number of carbonyl (C=O) groups excluding carboxylic acids is 1. The smallest absolute Gasteiger partial charge is 0.224 e. The fraction of sp³-hybridized carbons (Fsp3) is 0.455. The molecule has 1 heterocycles. The standard InChI is InChI=1S/C11H16ClN3O/c12-10-8-9(5-7-14-10)15-11(16)4-2-1-3-6-13/h5,7-8H,1-4,6,13H2,(H,14,15,16). The summed E-state index contributed by atoms with van der Waals surface area (Å²) >= 11 is 5.70. The number of carbonyl (C=O) groups is 1. The second-order valence-electron chi connectivity index (χ2n) is 3.51. The molecule has 0 bridgehead atoms. The van der Waals surface area contributed by atoms with E-state index in [9.17, 15) is 4.79 Å². The highest BCUT2D eigenvalue weighted by Gasteiger charge is 2.02. The zero-order valence-electron chi connectivity index (χ0n) is 9.08. The summed E-state index contributed by atoms with van der Waals surface area (Å²) in [5.74, 6) is -0.000659. The van der Waals surface area contributed by atoms with Crippen molar-refractivity contribution in [2.75, 3.05) is 11.9 Å². The van der Waals surface area contributed by atoms with Crippen LogP contribution in [-0.2, 0) is 4.79 Å². The highest BCUT2D eigenvalue weighted by molar-refractivity contribution is 6.29. The van der Waals surface area contributed by atoms with Crippen LogP contribution >= 0.6 is 11.6 Å². The maximum absolute atomic E-state index is 11.5. The summed E-state index contributed by atoms with van der Waals surface area (Å²) in [4.78, 5) is 15.3. The topological polar surface area (TPSA) is 68.0 Å². The van der Waals surface area contributed by atoms with Gasteiger partial charge in [-0.05, 0) is 31.5 Å². The second-order valence-corrected chi connectivity index (χ2v) is 3.90. The highest BCUT2D eigenvalue weighted by Crippen LogP contribution is 2.12. The molecule has 0 aromatic carbocycles. The SMILES string of the molecule is NCCCCCC(=O)Nc1ccnc(Cl)c1. The van der Waals surface area contributed by atoms with Crippen LogP contribution in [0.5, 0.6) is 0 Å². The van der Waals surface area contributed by atoms with Gasteiger partial charge in [0.1, 0.15) is 5.15 Å². The Balaban J connectivity index is 2.29. The molecular weight excluding hydrogens is 226 g/mol. The number of pyridine rings is 1. The van der Waals surface area contributed by atoms with Crippen LogP contribution in [0.4, 0.5) is 5.69 Å². The van der Waals surface area contributed by atoms with Crippen molar-refractivity contribution in [3.8, 4) is 0 Å². The quantitative estimate of drug-likeness (QED) is 0.593. The summed E-state index contributed by atoms with van der Waals surface area (Å²) in [6.45, 7) is 0.682. The Hall–Kier alpha value is -1.13. The number of anilines is 1. The van der Waals surface area contributed by atoms with Gasteiger partial charge in [0, 0.05) is 18.3 Å². The zero-order valence-corrected chi connectivity index (χ0v) is 9.83. The van der Waals surface area contributed by atoms with Crippen LogP contribution in [0.3, 0.4) is 0 Å². The van der Waals surface area contributed by atoms with Gasteiger partial charge in [0.25, 0.3) is 0 Å². The van der Waals surface area contributed by atoms with E-state index in [1.165, 1.54) is 0 Å². The van der Waals surface area contributed by atoms with Crippen LogP contribution < -0.4 is 11.1 Å². The number of nitrogens with one attached hydrogen (secondary N) is 1. The largest absolute Gasteiger partial charge is 0.330 e. The lowest BCUT2D eigenvalue weighted by molar-refractivity contribution is -0.116. The summed E-state index contributed by atoms with van der Waals surface area (Å²) < 4.78 is 0. The van der Waals surface area contributed by atoms with Gasteiger partial charge in [-0.3, -0.25) is 4.79 Å². The van der Waals surface area contributed by atoms with E-state index in [1.54, 1.807) is 18.3 Å². The first-order chi connectivity index (χ1) is 7.72. The van der Waals surface area contributed by atoms with E-state index in [1.807, 2.05) is 0 Å². The number of nitrogens with zero attached hydrogens (tertiary/aromatic N) is 1. The molecule has 1 amide bonds. The van der Waals surface area contributed by atoms with E-state index in [2.05, 4.69) is 10.3 Å². The lowest BCUT2D eigenvalue weighted by atomic mass is 10.2. The number of aromatic nitrogens is 1. The predicted octanol–water partition coefficient (Wildman–Crippen LogP) is 2.19. The maximum Gasteiger partial charge on any atom is 0.224 e. The van der Waals surface area contributed by atoms with Crippen molar-refractivity contribution in [1.29, 1.82) is 0 Å². The maximum atomic E-state index is 11.5. The number of hydrogen-bond donors (Lipinski definition) is 2. The third-order valence-corrected chi connectivity index (χ3v) is 2.32. The minimum absolute atomic E-state index is 0.000659. The summed E-state index contributed by atoms with van der Waals surface area (Å²) in [5.41, 5.74) is 6.05. The van der Waals surface area contributed by atoms with Crippen molar-refractivity contribution >= 4 is 23.2 Å². The number of nitrogens with two attached hydrogens (primary N) is 1. The molecule has 1 rings (SSSR count). The molecule has 0 aliphatic rings. The molecule has 88 valence electrons. The highest BCUT2D eigenvalue weighted by atomic mass is 35.5. The van der Waals surface area contributed by atoms with Crippen molar-refractivity contribution in [2.45, 2.75) is 25.7 Å². The molecular formula is C11H16ClN3O. The van der Waals surface area contributed by atoms with E-state index in [4.69, 9.17) is 17.3 Å². The first-order valence-corrected chi connectivity index (χ1v) is 5.71. The van der Waals surface area contributed by atoms with Crippen molar-refractivity contribution in [2.24, 2.45) is 5.73 Å². The molecule has 0 atom stereocenters. The van der Waals surface area contributed by atoms with Gasteiger partial charge in [-0.2, -0.15) is 0 Å². The molecule has 0 aliphatic heterocycles. The Morgan fingerprint density at radius 2 is 2.25 bits per heavy atom. The van der Waals surface area contributed by atoms with E-state index < -0.39 is 0 Å². The van der Waals surface area contributed by atoms with Gasteiger partial charge < -0.3 is 11.1 Å². The van der Waals surface area contributed by atoms with Crippen LogP contribution in [0.25, 0.3) is 0 Å². The van der Waals surface area contributed by atoms with Gasteiger partial charge in [0.15, 0.2) is 0 Å². The number of halogens is 1. The fourth-order valence-corrected chi connectivity index (χ4v) is 1.48. The molecule has 0 aliphatic carbocycles. The normalized spacial score (nSPS) is 10.1. The fourth-order valence-electron chi connectivity index (χ4n) is 1.31. The van der Waals surface area contributed by atoms with Gasteiger partial charge >= 0.3 is 0 Å². The molecule has 3 N–H and O–H groups in total. The van der Waals surface area contributed by atoms with Crippen LogP contribution in [0, 0.1) is 0 Å². The molecule has 4 nitrogen and oxygen atoms in total. The number of rotatable bonds is 6. The Bertz CT molecular complexity index is 344. The Morgan fingerprint density at radius 3 is 2.94 bits per heavy atom. The van der Waals surface area contributed by atoms with Gasteiger partial charge in [-0.1, -0.05) is 18.0 Å². The molecule has 0 radical (unpaired) electrons. The summed E-state index contributed by atoms with van der Waals surface area (Å²) in [7, 11) is 0. The van der Waals surface area contributed by atoms with Crippen molar-refractivity contribution in [3.63, 3.8) is 0 Å². The average Bonchev–Trinajstić information content (AvgIpc) is 2.24. The Morgan fingerprint density at radius 1 is 1.44 bits per heavy atom. The van der Waals surface area contributed by atoms with E-state index in [-0.39, 0.29) is 5.91 Å². The summed E-state index contributed by atoms with van der Waals surface area (Å²) in [5, 5.41) is 3.14. The first kappa shape index (κ1) is 12.9. The van der Waals surface area contributed by atoms with Crippen molar-refractivity contribution < 1.29 is 4.79 Å². The lowest BCUT2D eigenvalue weighted by Gasteiger charge is -2.04. The van der Waals surface area contributed by atoms with Crippen LogP contribution in [0.2, 0.25) is 5.15 Å². The third-order valence-electron chi connectivity index (χ3n) is 2.12. The Labute approximate surface area is 100 Å². The van der Waals surface area contributed by atoms with Crippen molar-refractivity contribution in [3.05, 3.63) is 23.5 Å². The predicted molar refractivity (Wildman–Crippen MR) is 65.4 cm³/mol. The molecule has 1 aromatic rings. The average molecular weight is 242 g/mol. The summed E-state index contributed by atoms with van der Waals surface area (Å²) in [6.07, 6.45) is 4.89.